The van der Waals surface area contributed by atoms with Crippen LogP contribution in [0.25, 0.3) is 21.9 Å². The lowest BCUT2D eigenvalue weighted by atomic mass is 10.1. The summed E-state index contributed by atoms with van der Waals surface area (Å²) in [6.07, 6.45) is 10.3. The summed E-state index contributed by atoms with van der Waals surface area (Å²) in [7, 11) is 2.24. The van der Waals surface area contributed by atoms with Gasteiger partial charge in [-0.25, -0.2) is 9.97 Å². The number of unbranched alkanes of at least 4 members (excludes halogenated alkanes) is 1. The van der Waals surface area contributed by atoms with Crippen LogP contribution in [-0.4, -0.2) is 52.2 Å². The number of allylic oxidation sites excluding steroid dienone is 1. The first-order valence-electron chi connectivity index (χ1n) is 11.3. The van der Waals surface area contributed by atoms with Gasteiger partial charge in [0.1, 0.15) is 11.3 Å². The molecule has 0 amide bonds. The SMILES string of the molecule is CCCCc1nc2c(N)nc3ccccc3c2n1C/C=C/CN(C)C1CCNCC1. The Labute approximate surface area is 179 Å². The first-order valence-corrected chi connectivity index (χ1v) is 11.3. The number of hydrogen-bond donors (Lipinski definition) is 2. The van der Waals surface area contributed by atoms with Gasteiger partial charge in [0, 0.05) is 30.9 Å². The molecule has 0 radical (unpaired) electrons. The maximum absolute atomic E-state index is 6.29. The predicted molar refractivity (Wildman–Crippen MR) is 126 cm³/mol. The van der Waals surface area contributed by atoms with Gasteiger partial charge in [-0.2, -0.15) is 0 Å². The van der Waals surface area contributed by atoms with Crippen molar-refractivity contribution in [3.63, 3.8) is 0 Å². The van der Waals surface area contributed by atoms with Crippen LogP contribution in [0.1, 0.15) is 38.4 Å². The van der Waals surface area contributed by atoms with E-state index in [0.717, 1.165) is 73.2 Å². The number of piperidine rings is 1. The van der Waals surface area contributed by atoms with Crippen molar-refractivity contribution in [2.45, 2.75) is 51.6 Å². The normalized spacial score (nSPS) is 15.8. The molecule has 160 valence electrons. The second-order valence-electron chi connectivity index (χ2n) is 8.35. The van der Waals surface area contributed by atoms with Crippen LogP contribution in [0.5, 0.6) is 0 Å². The number of pyridine rings is 1. The zero-order valence-electron chi connectivity index (χ0n) is 18.3. The summed E-state index contributed by atoms with van der Waals surface area (Å²) in [4.78, 5) is 12.0. The Kier molecular flexibility index (Phi) is 6.65. The monoisotopic (exact) mass is 406 g/mol. The molecule has 4 rings (SSSR count). The molecule has 3 heterocycles. The molecule has 0 bridgehead atoms. The fraction of sp³-hybridized carbons (Fsp3) is 0.500. The number of rotatable bonds is 8. The number of anilines is 1. The summed E-state index contributed by atoms with van der Waals surface area (Å²) in [5.41, 5.74) is 9.17. The van der Waals surface area contributed by atoms with Crippen LogP contribution >= 0.6 is 0 Å². The number of benzene rings is 1. The summed E-state index contributed by atoms with van der Waals surface area (Å²) >= 11 is 0. The van der Waals surface area contributed by atoms with E-state index in [9.17, 15) is 0 Å². The van der Waals surface area contributed by atoms with Gasteiger partial charge in [0.2, 0.25) is 0 Å². The molecule has 6 nitrogen and oxygen atoms in total. The smallest absolute Gasteiger partial charge is 0.152 e. The largest absolute Gasteiger partial charge is 0.382 e. The number of aryl methyl sites for hydroxylation is 1. The van der Waals surface area contributed by atoms with Crippen LogP contribution in [0.15, 0.2) is 36.4 Å². The maximum atomic E-state index is 6.29. The number of hydrogen-bond acceptors (Lipinski definition) is 5. The van der Waals surface area contributed by atoms with Crippen LogP contribution in [0.2, 0.25) is 0 Å². The molecule has 1 aliphatic heterocycles. The summed E-state index contributed by atoms with van der Waals surface area (Å²) in [6, 6.07) is 8.90. The molecule has 2 aromatic heterocycles. The first kappa shape index (κ1) is 20.8. The quantitative estimate of drug-likeness (QED) is 0.558. The van der Waals surface area contributed by atoms with Gasteiger partial charge in [-0.05, 0) is 45.5 Å². The minimum atomic E-state index is 0.523. The van der Waals surface area contributed by atoms with Crippen LogP contribution < -0.4 is 11.1 Å². The minimum Gasteiger partial charge on any atom is -0.382 e. The average Bonchev–Trinajstić information content (AvgIpc) is 3.15. The summed E-state index contributed by atoms with van der Waals surface area (Å²) in [5, 5.41) is 4.57. The maximum Gasteiger partial charge on any atom is 0.152 e. The predicted octanol–water partition coefficient (Wildman–Crippen LogP) is 3.75. The number of para-hydroxylation sites is 1. The van der Waals surface area contributed by atoms with Crippen molar-refractivity contribution < 1.29 is 0 Å². The van der Waals surface area contributed by atoms with Gasteiger partial charge in [-0.3, -0.25) is 4.90 Å². The van der Waals surface area contributed by atoms with E-state index in [4.69, 9.17) is 10.7 Å². The Bertz CT molecular complexity index is 1020. The highest BCUT2D eigenvalue weighted by atomic mass is 15.1. The van der Waals surface area contributed by atoms with Crippen molar-refractivity contribution in [2.24, 2.45) is 0 Å². The number of likely N-dealkylation sites (N-methyl/N-ethyl adjacent to an activating group) is 1. The highest BCUT2D eigenvalue weighted by Crippen LogP contribution is 2.29. The Hall–Kier alpha value is -2.44. The third kappa shape index (κ3) is 4.35. The standard InChI is InChI=1S/C24H34N6/c1-3-4-11-21-28-22-23(19-9-5-6-10-20(19)27-24(22)25)30(21)17-8-7-16-29(2)18-12-14-26-15-13-18/h5-10,18,26H,3-4,11-17H2,1-2H3,(H2,25,27)/b8-7+. The minimum absolute atomic E-state index is 0.523. The fourth-order valence-electron chi connectivity index (χ4n) is 4.44. The second-order valence-corrected chi connectivity index (χ2v) is 8.35. The number of nitrogens with two attached hydrogens (primary N) is 1. The van der Waals surface area contributed by atoms with E-state index in [2.05, 4.69) is 58.0 Å². The topological polar surface area (TPSA) is 72.0 Å². The van der Waals surface area contributed by atoms with Gasteiger partial charge in [-0.15, -0.1) is 0 Å². The van der Waals surface area contributed by atoms with Crippen LogP contribution in [0.4, 0.5) is 5.82 Å². The van der Waals surface area contributed by atoms with Crippen molar-refractivity contribution >= 4 is 27.8 Å². The second kappa shape index (κ2) is 9.58. The van der Waals surface area contributed by atoms with Gasteiger partial charge in [0.25, 0.3) is 0 Å². The molecule has 0 saturated carbocycles. The highest BCUT2D eigenvalue weighted by molar-refractivity contribution is 6.06. The summed E-state index contributed by atoms with van der Waals surface area (Å²) in [5.74, 6) is 1.63. The molecular weight excluding hydrogens is 372 g/mol. The number of nitrogens with one attached hydrogen (secondary N) is 1. The molecular formula is C24H34N6. The van der Waals surface area contributed by atoms with E-state index >= 15 is 0 Å². The number of nitrogens with zero attached hydrogens (tertiary/aromatic N) is 4. The number of fused-ring (bicyclic) bond motifs is 3. The fourth-order valence-corrected chi connectivity index (χ4v) is 4.44. The Morgan fingerprint density at radius 2 is 2.00 bits per heavy atom. The van der Waals surface area contributed by atoms with E-state index in [1.807, 2.05) is 12.1 Å². The number of imidazole rings is 1. The van der Waals surface area contributed by atoms with E-state index in [-0.39, 0.29) is 0 Å². The molecule has 1 aromatic carbocycles. The van der Waals surface area contributed by atoms with Gasteiger partial charge in [0.05, 0.1) is 11.0 Å². The molecule has 3 aromatic rings. The number of nitrogen functional groups attached to an aromatic ring is 1. The molecule has 30 heavy (non-hydrogen) atoms. The molecule has 0 atom stereocenters. The Morgan fingerprint density at radius 1 is 1.20 bits per heavy atom. The zero-order valence-corrected chi connectivity index (χ0v) is 18.3. The van der Waals surface area contributed by atoms with Gasteiger partial charge < -0.3 is 15.6 Å². The van der Waals surface area contributed by atoms with Crippen molar-refractivity contribution in [3.05, 3.63) is 42.2 Å². The van der Waals surface area contributed by atoms with E-state index in [1.165, 1.54) is 12.8 Å². The first-order chi connectivity index (χ1) is 14.7. The summed E-state index contributed by atoms with van der Waals surface area (Å²) < 4.78 is 2.34. The van der Waals surface area contributed by atoms with Gasteiger partial charge in [0.15, 0.2) is 5.82 Å². The molecule has 0 spiro atoms. The number of aromatic nitrogens is 3. The third-order valence-corrected chi connectivity index (χ3v) is 6.22. The van der Waals surface area contributed by atoms with Crippen molar-refractivity contribution in [1.29, 1.82) is 0 Å². The Morgan fingerprint density at radius 3 is 2.80 bits per heavy atom. The lowest BCUT2D eigenvalue weighted by Crippen LogP contribution is -2.41. The van der Waals surface area contributed by atoms with Gasteiger partial charge in [-0.1, -0.05) is 43.7 Å². The average molecular weight is 407 g/mol. The van der Waals surface area contributed by atoms with Crippen LogP contribution in [-0.2, 0) is 13.0 Å². The molecule has 1 aliphatic rings. The van der Waals surface area contributed by atoms with Crippen molar-refractivity contribution in [3.8, 4) is 0 Å². The molecule has 3 N–H and O–H groups in total. The van der Waals surface area contributed by atoms with Crippen LogP contribution in [0, 0.1) is 0 Å². The van der Waals surface area contributed by atoms with Crippen LogP contribution in [0.3, 0.4) is 0 Å². The third-order valence-electron chi connectivity index (χ3n) is 6.22. The highest BCUT2D eigenvalue weighted by Gasteiger charge is 2.17. The lowest BCUT2D eigenvalue weighted by molar-refractivity contribution is 0.217. The molecule has 6 heteroatoms. The van der Waals surface area contributed by atoms with Crippen molar-refractivity contribution in [1.82, 2.24) is 24.8 Å². The molecule has 0 aliphatic carbocycles. The molecule has 1 saturated heterocycles. The van der Waals surface area contributed by atoms with E-state index < -0.39 is 0 Å². The van der Waals surface area contributed by atoms with Crippen molar-refractivity contribution in [2.75, 3.05) is 32.4 Å². The summed E-state index contributed by atoms with van der Waals surface area (Å²) in [6.45, 7) is 6.26. The molecule has 0 unspecified atom stereocenters. The van der Waals surface area contributed by atoms with Gasteiger partial charge >= 0.3 is 0 Å². The molecule has 1 fully saturated rings. The lowest BCUT2D eigenvalue weighted by Gasteiger charge is -2.30. The van der Waals surface area contributed by atoms with E-state index in [0.29, 0.717) is 11.9 Å². The van der Waals surface area contributed by atoms with E-state index in [1.54, 1.807) is 0 Å². The Balaban J connectivity index is 1.61. The zero-order chi connectivity index (χ0) is 20.9.